The number of hydrogen-bond donors (Lipinski definition) is 0. The average Bonchev–Trinajstić information content (AvgIpc) is 3.11. The van der Waals surface area contributed by atoms with Crippen molar-refractivity contribution in [2.75, 3.05) is 53.4 Å². The van der Waals surface area contributed by atoms with Crippen molar-refractivity contribution in [1.82, 2.24) is 19.6 Å². The quantitative estimate of drug-likeness (QED) is 0.602. The van der Waals surface area contributed by atoms with E-state index < -0.39 is 6.04 Å². The first-order chi connectivity index (χ1) is 14.4. The molecule has 3 amide bonds. The van der Waals surface area contributed by atoms with Gasteiger partial charge in [-0.25, -0.2) is 9.37 Å². The average molecular weight is 476 g/mol. The number of amides is 3. The highest BCUT2D eigenvalue weighted by Gasteiger charge is 2.53. The van der Waals surface area contributed by atoms with E-state index >= 15 is 0 Å². The number of urea groups is 1. The Morgan fingerprint density at radius 3 is 2.30 bits per heavy atom. The number of aliphatic imine (C=N–C) groups is 1. The first-order valence-electron chi connectivity index (χ1n) is 10.3. The van der Waals surface area contributed by atoms with Crippen molar-refractivity contribution in [3.63, 3.8) is 0 Å². The van der Waals surface area contributed by atoms with E-state index in [-0.39, 0.29) is 11.9 Å². The van der Waals surface area contributed by atoms with Crippen LogP contribution in [0.15, 0.2) is 33.7 Å². The lowest BCUT2D eigenvalue weighted by atomic mass is 10.1. The lowest BCUT2D eigenvalue weighted by Crippen LogP contribution is -2.61. The van der Waals surface area contributed by atoms with Gasteiger partial charge in [0.2, 0.25) is 0 Å². The summed E-state index contributed by atoms with van der Waals surface area (Å²) in [6.07, 6.45) is 0. The molecule has 3 aliphatic heterocycles. The molecule has 0 spiro atoms. The number of piperazine rings is 1. The Balaban J connectivity index is 1.64. The van der Waals surface area contributed by atoms with Gasteiger partial charge in [-0.2, -0.15) is 0 Å². The van der Waals surface area contributed by atoms with E-state index in [1.165, 1.54) is 16.8 Å². The number of imide groups is 1. The van der Waals surface area contributed by atoms with E-state index in [0.717, 1.165) is 48.6 Å². The van der Waals surface area contributed by atoms with Crippen LogP contribution in [-0.4, -0.2) is 107 Å². The van der Waals surface area contributed by atoms with Crippen molar-refractivity contribution in [3.05, 3.63) is 34.3 Å². The van der Waals surface area contributed by atoms with Gasteiger partial charge in [0, 0.05) is 44.7 Å². The van der Waals surface area contributed by atoms with Crippen LogP contribution >= 0.6 is 15.9 Å². The first kappa shape index (κ1) is 21.1. The summed E-state index contributed by atoms with van der Waals surface area (Å²) in [5.41, 5.74) is 1.10. The summed E-state index contributed by atoms with van der Waals surface area (Å²) < 4.78 is 3.08. The summed E-state index contributed by atoms with van der Waals surface area (Å²) in [6, 6.07) is 7.20. The number of nitrogens with zero attached hydrogens (tertiary/aromatic N) is 6. The molecule has 0 aromatic heterocycles. The number of halogens is 1. The molecule has 2 saturated heterocycles. The molecule has 0 aliphatic carbocycles. The Bertz CT molecular complexity index is 905. The monoisotopic (exact) mass is 475 g/mol. The SMILES string of the molecule is CCN1CCN(CC2=[N+](Cc3ccc(Br)cc3)C3C(=O)N(C)C(=O)N(C)C3=N2)CC1. The minimum atomic E-state index is -0.562. The van der Waals surface area contributed by atoms with Gasteiger partial charge in [-0.15, -0.1) is 0 Å². The molecule has 1 aromatic carbocycles. The molecule has 160 valence electrons. The van der Waals surface area contributed by atoms with Gasteiger partial charge in [-0.05, 0) is 29.2 Å². The third kappa shape index (κ3) is 3.93. The van der Waals surface area contributed by atoms with Gasteiger partial charge in [0.1, 0.15) is 13.1 Å². The Morgan fingerprint density at radius 1 is 1.03 bits per heavy atom. The maximum absolute atomic E-state index is 13.1. The third-order valence-corrected chi connectivity index (χ3v) is 6.69. The molecular formula is C21H28BrN6O2+. The molecule has 1 aromatic rings. The molecule has 30 heavy (non-hydrogen) atoms. The van der Waals surface area contributed by atoms with Crippen LogP contribution in [-0.2, 0) is 11.3 Å². The summed E-state index contributed by atoms with van der Waals surface area (Å²) in [5.74, 6) is 1.16. The van der Waals surface area contributed by atoms with Crippen LogP contribution in [0.5, 0.6) is 0 Å². The lowest BCUT2D eigenvalue weighted by Gasteiger charge is -2.33. The standard InChI is InChI=1S/C21H28BrN6O2/c1-4-26-9-11-27(12-10-26)14-17-23-19-18(20(29)25(3)21(30)24(19)2)28(17)13-15-5-7-16(22)8-6-15/h5-8,18H,4,9-14H2,1-3H3/q+1. The number of carbonyl (C=O) groups is 2. The molecule has 0 bridgehead atoms. The predicted molar refractivity (Wildman–Crippen MR) is 119 cm³/mol. The number of hydrogen-bond acceptors (Lipinski definition) is 5. The highest BCUT2D eigenvalue weighted by molar-refractivity contribution is 9.10. The molecule has 3 aliphatic rings. The minimum absolute atomic E-state index is 0.222. The molecule has 0 N–H and O–H groups in total. The molecule has 8 nitrogen and oxygen atoms in total. The Kier molecular flexibility index (Phi) is 6.04. The van der Waals surface area contributed by atoms with Crippen LogP contribution in [0.2, 0.25) is 0 Å². The Morgan fingerprint density at radius 2 is 1.67 bits per heavy atom. The molecule has 0 radical (unpaired) electrons. The largest absolute Gasteiger partial charge is 0.333 e. The molecule has 2 fully saturated rings. The second-order valence-electron chi connectivity index (χ2n) is 7.99. The second-order valence-corrected chi connectivity index (χ2v) is 8.91. The maximum Gasteiger partial charge on any atom is 0.333 e. The molecule has 4 rings (SSSR count). The summed E-state index contributed by atoms with van der Waals surface area (Å²) in [4.78, 5) is 37.8. The smallest absolute Gasteiger partial charge is 0.301 e. The number of carbonyl (C=O) groups excluding carboxylic acids is 2. The number of fused-ring (bicyclic) bond motifs is 1. The van der Waals surface area contributed by atoms with E-state index in [0.29, 0.717) is 18.9 Å². The summed E-state index contributed by atoms with van der Waals surface area (Å²) in [6.45, 7) is 8.52. The van der Waals surface area contributed by atoms with Crippen molar-refractivity contribution >= 4 is 39.5 Å². The van der Waals surface area contributed by atoms with Crippen LogP contribution < -0.4 is 0 Å². The fraction of sp³-hybridized carbons (Fsp3) is 0.524. The van der Waals surface area contributed by atoms with Gasteiger partial charge in [-0.3, -0.25) is 19.5 Å². The second kappa shape index (κ2) is 8.56. The van der Waals surface area contributed by atoms with E-state index in [1.54, 1.807) is 7.05 Å². The molecule has 1 unspecified atom stereocenters. The van der Waals surface area contributed by atoms with Gasteiger partial charge in [-0.1, -0.05) is 35.0 Å². The highest BCUT2D eigenvalue weighted by atomic mass is 79.9. The third-order valence-electron chi connectivity index (χ3n) is 6.16. The zero-order valence-corrected chi connectivity index (χ0v) is 19.3. The van der Waals surface area contributed by atoms with Crippen LogP contribution in [0, 0.1) is 0 Å². The fourth-order valence-electron chi connectivity index (χ4n) is 4.21. The Labute approximate surface area is 185 Å². The number of amidine groups is 2. The summed E-state index contributed by atoms with van der Waals surface area (Å²) >= 11 is 3.48. The first-order valence-corrected chi connectivity index (χ1v) is 11.1. The fourth-order valence-corrected chi connectivity index (χ4v) is 4.47. The summed E-state index contributed by atoms with van der Waals surface area (Å²) in [7, 11) is 3.23. The summed E-state index contributed by atoms with van der Waals surface area (Å²) in [5, 5.41) is 0. The Hall–Kier alpha value is -2.10. The van der Waals surface area contributed by atoms with Gasteiger partial charge in [0.05, 0.1) is 0 Å². The molecule has 0 saturated carbocycles. The van der Waals surface area contributed by atoms with Gasteiger partial charge >= 0.3 is 11.9 Å². The zero-order valence-electron chi connectivity index (χ0n) is 17.7. The van der Waals surface area contributed by atoms with Gasteiger partial charge < -0.3 is 4.90 Å². The molecule has 1 atom stereocenters. The minimum Gasteiger partial charge on any atom is -0.301 e. The maximum atomic E-state index is 13.1. The zero-order chi connectivity index (χ0) is 21.4. The van der Waals surface area contributed by atoms with Crippen LogP contribution in [0.4, 0.5) is 4.79 Å². The van der Waals surface area contributed by atoms with Crippen molar-refractivity contribution in [2.24, 2.45) is 4.99 Å². The number of rotatable bonds is 5. The van der Waals surface area contributed by atoms with E-state index in [1.807, 2.05) is 24.3 Å². The lowest BCUT2D eigenvalue weighted by molar-refractivity contribution is -0.552. The predicted octanol–water partition coefficient (Wildman–Crippen LogP) is 1.30. The molecular weight excluding hydrogens is 448 g/mol. The van der Waals surface area contributed by atoms with Crippen molar-refractivity contribution in [3.8, 4) is 0 Å². The number of likely N-dealkylation sites (N-methyl/N-ethyl adjacent to an activating group) is 3. The van der Waals surface area contributed by atoms with E-state index in [4.69, 9.17) is 4.99 Å². The van der Waals surface area contributed by atoms with Crippen molar-refractivity contribution < 1.29 is 14.2 Å². The topological polar surface area (TPSA) is 62.5 Å². The van der Waals surface area contributed by atoms with Crippen molar-refractivity contribution in [2.45, 2.75) is 19.5 Å². The number of benzene rings is 1. The highest BCUT2D eigenvalue weighted by Crippen LogP contribution is 2.22. The van der Waals surface area contributed by atoms with E-state index in [9.17, 15) is 9.59 Å². The van der Waals surface area contributed by atoms with Crippen LogP contribution in [0.1, 0.15) is 12.5 Å². The van der Waals surface area contributed by atoms with E-state index in [2.05, 4.69) is 37.2 Å². The van der Waals surface area contributed by atoms with Crippen molar-refractivity contribution in [1.29, 1.82) is 0 Å². The normalized spacial score (nSPS) is 23.3. The van der Waals surface area contributed by atoms with Gasteiger partial charge in [0.25, 0.3) is 17.8 Å². The van der Waals surface area contributed by atoms with Crippen LogP contribution in [0.25, 0.3) is 0 Å². The van der Waals surface area contributed by atoms with Gasteiger partial charge in [0.15, 0.2) is 0 Å². The molecule has 9 heteroatoms. The van der Waals surface area contributed by atoms with Crippen LogP contribution in [0.3, 0.4) is 0 Å². The molecule has 3 heterocycles.